The second-order valence-electron chi connectivity index (χ2n) is 22.3. The van der Waals surface area contributed by atoms with Gasteiger partial charge in [0.2, 0.25) is 17.7 Å². The maximum Gasteiger partial charge on any atom is 0.474 e. The van der Waals surface area contributed by atoms with Crippen molar-refractivity contribution < 1.29 is 65.5 Å². The molecule has 6 aromatic rings. The third-order valence-corrected chi connectivity index (χ3v) is 21.1. The maximum atomic E-state index is 15.1. The van der Waals surface area contributed by atoms with Crippen LogP contribution in [0.2, 0.25) is 18.1 Å². The smallest absolute Gasteiger partial charge is 0.474 e. The molecule has 0 bridgehead atoms. The number of rotatable bonds is 26. The highest BCUT2D eigenvalue weighted by Gasteiger charge is 2.49. The van der Waals surface area contributed by atoms with Gasteiger partial charge in [-0.3, -0.25) is 52.9 Å². The van der Waals surface area contributed by atoms with Crippen LogP contribution in [0.1, 0.15) is 88.8 Å². The number of amides is 2. The van der Waals surface area contributed by atoms with Gasteiger partial charge in [-0.25, -0.2) is 9.36 Å². The van der Waals surface area contributed by atoms with Crippen LogP contribution in [0.5, 0.6) is 17.2 Å². The fraction of sp³-hybridized carbons (Fsp3) is 0.424. The van der Waals surface area contributed by atoms with Crippen LogP contribution in [0.15, 0.2) is 125 Å². The fourth-order valence-electron chi connectivity index (χ4n) is 9.60. The van der Waals surface area contributed by atoms with Gasteiger partial charge < -0.3 is 43.5 Å². The van der Waals surface area contributed by atoms with Crippen molar-refractivity contribution in [3.8, 4) is 17.2 Å². The number of carbonyl (C=O) groups is 2. The number of phosphoric acid groups is 1. The number of aromatic amines is 1. The molecule has 7 atom stereocenters. The average Bonchev–Trinajstić information content (AvgIpc) is 1.17. The number of H-pyrrole nitrogens is 1. The van der Waals surface area contributed by atoms with Crippen LogP contribution >= 0.6 is 7.82 Å². The Labute approximate surface area is 498 Å². The minimum Gasteiger partial charge on any atom is -0.497 e. The predicted molar refractivity (Wildman–Crippen MR) is 320 cm³/mol. The van der Waals surface area contributed by atoms with E-state index in [1.54, 1.807) is 26.4 Å². The van der Waals surface area contributed by atoms with Gasteiger partial charge in [-0.2, -0.15) is 9.97 Å². The number of phosphoric ester groups is 1. The molecule has 4 heterocycles. The molecular weight excluding hydrogens is 1150 g/mol. The van der Waals surface area contributed by atoms with E-state index in [1.165, 1.54) is 23.8 Å². The minimum absolute atomic E-state index is 0.0155. The Hall–Kier alpha value is -7.65. The van der Waals surface area contributed by atoms with Gasteiger partial charge in [-0.1, -0.05) is 101 Å². The van der Waals surface area contributed by atoms with E-state index in [4.69, 9.17) is 46.4 Å². The highest BCUT2D eigenvalue weighted by atomic mass is 31.2. The Balaban J connectivity index is 1.07. The van der Waals surface area contributed by atoms with Crippen molar-refractivity contribution >= 4 is 51.2 Å². The van der Waals surface area contributed by atoms with Crippen LogP contribution in [0.25, 0.3) is 0 Å². The molecule has 2 amide bonds. The number of ether oxygens (including phenoxy) is 6. The molecule has 8 rings (SSSR count). The van der Waals surface area contributed by atoms with Crippen molar-refractivity contribution in [2.75, 3.05) is 57.1 Å². The summed E-state index contributed by atoms with van der Waals surface area (Å²) in [6.07, 6.45) is -5.10. The summed E-state index contributed by atoms with van der Waals surface area (Å²) in [7, 11) is -3.07. The minimum atomic E-state index is -4.68. The standard InChI is InChI=1S/C59H73N8O17PSi/c1-36(2)38-17-23-44(24-18-38)78-35-50(69)62-56-64-54(53(67(72)73)55(70)65-56)63-51-31-46(84-86(10,11)58(4,5)6)48(81-51)34-80-85(74,77-9)83-45-32-52(66-30-29-49(60-37(3)68)61-57(66)71)82-47(45)33-79-59(39-15-13-12-14-16-39,40-19-25-42(75-7)26-20-40)41-21-27-43(76-8)28-22-41/h12-30,36,45-48,51-52H,31-35H2,1-11H3,(H,60,61,68,71)(H3,62,63,64,65,69,70)/t45-,46-,47+,48+,51-,52?,85?/m0/s1. The van der Waals surface area contributed by atoms with Crippen LogP contribution in [0, 0.1) is 10.1 Å². The molecule has 2 unspecified atom stereocenters. The third-order valence-electron chi connectivity index (χ3n) is 15.1. The number of benzene rings is 4. The topological polar surface area (TPSA) is 303 Å². The zero-order valence-corrected chi connectivity index (χ0v) is 51.6. The molecule has 0 saturated carbocycles. The van der Waals surface area contributed by atoms with Crippen LogP contribution in [0.4, 0.5) is 23.3 Å². The van der Waals surface area contributed by atoms with E-state index in [-0.39, 0.29) is 36.2 Å². The molecule has 2 aliphatic rings. The van der Waals surface area contributed by atoms with Gasteiger partial charge in [-0.15, -0.1) is 0 Å². The third kappa shape index (κ3) is 15.3. The summed E-state index contributed by atoms with van der Waals surface area (Å²) in [5.74, 6) is -0.169. The summed E-state index contributed by atoms with van der Waals surface area (Å²) in [6, 6.07) is 32.9. The van der Waals surface area contributed by atoms with Gasteiger partial charge in [0.05, 0.1) is 38.5 Å². The quantitative estimate of drug-likeness (QED) is 0.0129. The molecule has 86 heavy (non-hydrogen) atoms. The zero-order chi connectivity index (χ0) is 62.1. The SMILES string of the molecule is COc1ccc(C(OC[C@H]2OC(n3ccc(NC(C)=O)nc3=O)C[C@@H]2OP(=O)(OC)OC[C@H]2O[C@H](Nc3nc(NC(=O)COc4ccc(C(C)C)cc4)[nH]c(=O)c3[N+](=O)[O-])C[C@@H]2O[Si](C)(C)C(C)(C)C)(c2ccccc2)c2ccc(OC)cc2)cc1. The summed E-state index contributed by atoms with van der Waals surface area (Å²) in [5, 5.41) is 19.9. The first-order valence-corrected chi connectivity index (χ1v) is 32.1. The zero-order valence-electron chi connectivity index (χ0n) is 49.7. The number of nitrogens with zero attached hydrogens (tertiary/aromatic N) is 4. The fourth-order valence-corrected chi connectivity index (χ4v) is 12.1. The van der Waals surface area contributed by atoms with Crippen LogP contribution in [0.3, 0.4) is 0 Å². The van der Waals surface area contributed by atoms with Crippen molar-refractivity contribution in [2.24, 2.45) is 0 Å². The first-order chi connectivity index (χ1) is 40.8. The van der Waals surface area contributed by atoms with Crippen molar-refractivity contribution in [1.29, 1.82) is 0 Å². The molecule has 4 aromatic carbocycles. The first-order valence-electron chi connectivity index (χ1n) is 27.7. The lowest BCUT2D eigenvalue weighted by Crippen LogP contribution is -2.46. The number of aromatic nitrogens is 4. The number of methoxy groups -OCH3 is 2. The van der Waals surface area contributed by atoms with E-state index >= 15 is 4.57 Å². The number of anilines is 3. The van der Waals surface area contributed by atoms with E-state index in [1.807, 2.05) is 139 Å². The second-order valence-corrected chi connectivity index (χ2v) is 28.8. The summed E-state index contributed by atoms with van der Waals surface area (Å²) >= 11 is 0. The lowest BCUT2D eigenvalue weighted by atomic mass is 9.80. The van der Waals surface area contributed by atoms with Gasteiger partial charge in [0.1, 0.15) is 59.4 Å². The number of nitro groups is 1. The number of nitrogens with one attached hydrogen (secondary N) is 4. The summed E-state index contributed by atoms with van der Waals surface area (Å²) in [6.45, 7) is 14.3. The van der Waals surface area contributed by atoms with E-state index in [2.05, 4.69) is 30.9 Å². The van der Waals surface area contributed by atoms with Crippen LogP contribution in [-0.2, 0) is 52.0 Å². The average molecular weight is 1230 g/mol. The Morgan fingerprint density at radius 1 is 0.814 bits per heavy atom. The molecule has 2 fully saturated rings. The molecule has 4 N–H and O–H groups in total. The normalized spacial score (nSPS) is 19.6. The van der Waals surface area contributed by atoms with Gasteiger partial charge >= 0.3 is 24.8 Å². The number of hydrogen-bond acceptors (Lipinski definition) is 20. The maximum absolute atomic E-state index is 15.1. The van der Waals surface area contributed by atoms with E-state index < -0.39 is 117 Å². The van der Waals surface area contributed by atoms with Gasteiger partial charge in [0.25, 0.3) is 5.91 Å². The molecule has 2 aliphatic heterocycles. The number of carbonyl (C=O) groups excluding carboxylic acids is 2. The lowest BCUT2D eigenvalue weighted by Gasteiger charge is -2.39. The van der Waals surface area contributed by atoms with Gasteiger partial charge in [-0.05, 0) is 88.8 Å². The van der Waals surface area contributed by atoms with E-state index in [9.17, 15) is 29.3 Å². The largest absolute Gasteiger partial charge is 0.497 e. The Kier molecular flexibility index (Phi) is 20.5. The lowest BCUT2D eigenvalue weighted by molar-refractivity contribution is -0.385. The Morgan fingerprint density at radius 3 is 1.98 bits per heavy atom. The molecule has 25 nitrogen and oxygen atoms in total. The molecule has 2 aromatic heterocycles. The van der Waals surface area contributed by atoms with Crippen molar-refractivity contribution in [1.82, 2.24) is 19.5 Å². The summed E-state index contributed by atoms with van der Waals surface area (Å²) in [5.41, 5.74) is -1.07. The molecule has 2 saturated heterocycles. The van der Waals surface area contributed by atoms with E-state index in [0.717, 1.165) is 18.2 Å². The molecule has 0 aliphatic carbocycles. The van der Waals surface area contributed by atoms with Crippen molar-refractivity contribution in [2.45, 2.75) is 121 Å². The van der Waals surface area contributed by atoms with Gasteiger partial charge in [0.15, 0.2) is 14.9 Å². The molecule has 27 heteroatoms. The first kappa shape index (κ1) is 64.3. The Morgan fingerprint density at radius 2 is 1.42 bits per heavy atom. The van der Waals surface area contributed by atoms with Crippen LogP contribution in [-0.4, -0.2) is 116 Å². The van der Waals surface area contributed by atoms with E-state index in [0.29, 0.717) is 28.4 Å². The Bertz CT molecular complexity index is 3450. The molecule has 0 radical (unpaired) electrons. The molecule has 460 valence electrons. The van der Waals surface area contributed by atoms with Crippen molar-refractivity contribution in [3.63, 3.8) is 0 Å². The predicted octanol–water partition coefficient (Wildman–Crippen LogP) is 9.42. The highest BCUT2D eigenvalue weighted by molar-refractivity contribution is 7.48. The molecular formula is C59H73N8O17PSi. The second kappa shape index (κ2) is 27.4. The molecule has 0 spiro atoms. The summed E-state index contributed by atoms with van der Waals surface area (Å²) in [4.78, 5) is 73.9. The van der Waals surface area contributed by atoms with Gasteiger partial charge in [0, 0.05) is 33.1 Å². The monoisotopic (exact) mass is 1220 g/mol. The van der Waals surface area contributed by atoms with Crippen LogP contribution < -0.4 is 41.4 Å². The van der Waals surface area contributed by atoms with Crippen molar-refractivity contribution in [3.05, 3.63) is 169 Å². The summed E-state index contributed by atoms with van der Waals surface area (Å²) < 4.78 is 78.3. The highest BCUT2D eigenvalue weighted by Crippen LogP contribution is 2.54. The number of hydrogen-bond donors (Lipinski definition) is 4.